The lowest BCUT2D eigenvalue weighted by atomic mass is 9.32. The number of piperazine rings is 1. The monoisotopic (exact) mass is 819 g/mol. The van der Waals surface area contributed by atoms with Crippen molar-refractivity contribution in [1.29, 1.82) is 0 Å². The minimum atomic E-state index is -0.883. The van der Waals surface area contributed by atoms with E-state index in [2.05, 4.69) is 72.1 Å². The molecule has 0 aromatic rings. The third-order valence-corrected chi connectivity index (χ3v) is 21.4. The Hall–Kier alpha value is -1.96. The molecule has 0 aromatic heterocycles. The summed E-state index contributed by atoms with van der Waals surface area (Å²) >= 11 is 0. The lowest BCUT2D eigenvalue weighted by Crippen LogP contribution is -2.67. The summed E-state index contributed by atoms with van der Waals surface area (Å²) in [6.07, 6.45) is 15.3. The molecule has 8 aliphatic rings. The maximum absolute atomic E-state index is 15.3. The number of amides is 1. The first-order valence-corrected chi connectivity index (χ1v) is 24.4. The van der Waals surface area contributed by atoms with Gasteiger partial charge >= 0.3 is 5.97 Å². The number of carbonyl (C=O) groups excluding carboxylic acids is 4. The second kappa shape index (κ2) is 14.5. The van der Waals surface area contributed by atoms with Gasteiger partial charge in [0.2, 0.25) is 5.91 Å². The van der Waals surface area contributed by atoms with E-state index >= 15 is 4.79 Å². The van der Waals surface area contributed by atoms with Gasteiger partial charge in [0.25, 0.3) is 6.47 Å². The molecule has 0 spiro atoms. The van der Waals surface area contributed by atoms with Gasteiger partial charge in [0.15, 0.2) is 0 Å². The SMILES string of the molecule is CCN1CCN(C(=O)[C@@H]2C[C@H](CC(=O)[C@]34CC[C@@H](C5(C)CC5)[C@@H]3[C@H]3CC[C@@H]5[C@@]6(C)CC[C@H](OC(=O)CC(C)(C)OC=O)C(C)(C)[C@@H]6CC[C@@]5(C)[C@]3(C)CC4)C2(C)C)CC1. The maximum atomic E-state index is 15.3. The zero-order chi connectivity index (χ0) is 42.8. The van der Waals surface area contributed by atoms with Crippen LogP contribution in [0.4, 0.5) is 0 Å². The van der Waals surface area contributed by atoms with E-state index in [0.717, 1.165) is 77.7 Å². The highest BCUT2D eigenvalue weighted by molar-refractivity contribution is 5.87. The molecule has 0 aromatic carbocycles. The van der Waals surface area contributed by atoms with E-state index in [0.29, 0.717) is 59.6 Å². The van der Waals surface area contributed by atoms with Crippen molar-refractivity contribution >= 4 is 24.1 Å². The Kier molecular flexibility index (Phi) is 10.8. The second-order valence-electron chi connectivity index (χ2n) is 24.8. The van der Waals surface area contributed by atoms with E-state index < -0.39 is 5.60 Å². The fourth-order valence-electron chi connectivity index (χ4n) is 17.0. The Morgan fingerprint density at radius 3 is 2.05 bits per heavy atom. The molecule has 7 aliphatic carbocycles. The first kappa shape index (κ1) is 43.7. The van der Waals surface area contributed by atoms with Crippen LogP contribution in [-0.2, 0) is 28.7 Å². The topological polar surface area (TPSA) is 93.2 Å². The molecule has 8 heteroatoms. The number of hydrogen-bond acceptors (Lipinski definition) is 7. The van der Waals surface area contributed by atoms with Crippen LogP contribution in [0.5, 0.6) is 0 Å². The van der Waals surface area contributed by atoms with Gasteiger partial charge in [-0.25, -0.2) is 0 Å². The van der Waals surface area contributed by atoms with E-state index in [-0.39, 0.29) is 62.8 Å². The standard InChI is InChI=1S/C51H82N2O6/c1-12-52-25-27-53(28-26-52)43(57)36-29-33(45(36,4)5)30-39(55)51-20-15-34(47(8)21-22-47)42(51)35-13-14-38-48(9)18-17-40(59-41(56)31-44(2,3)58-32-54)46(6,7)37(48)16-19-50(38,11)49(35,10)23-24-51/h32-38,40,42H,12-31H2,1-11H3/t33-,34-,35-,36+,37+,38-,40+,42-,48+,49-,50-,51-/m1/s1. The molecule has 59 heavy (non-hydrogen) atoms. The van der Waals surface area contributed by atoms with Gasteiger partial charge in [0, 0.05) is 49.3 Å². The average molecular weight is 819 g/mol. The van der Waals surface area contributed by atoms with Crippen LogP contribution < -0.4 is 0 Å². The van der Waals surface area contributed by atoms with E-state index in [1.54, 1.807) is 13.8 Å². The Labute approximate surface area is 357 Å². The quantitative estimate of drug-likeness (QED) is 0.151. The van der Waals surface area contributed by atoms with Crippen molar-refractivity contribution < 1.29 is 28.7 Å². The van der Waals surface area contributed by atoms with Gasteiger partial charge in [0.05, 0.1) is 6.42 Å². The van der Waals surface area contributed by atoms with Crippen molar-refractivity contribution in [1.82, 2.24) is 9.80 Å². The molecule has 0 radical (unpaired) electrons. The highest BCUT2D eigenvalue weighted by atomic mass is 16.6. The second-order valence-corrected chi connectivity index (χ2v) is 24.8. The average Bonchev–Trinajstić information content (AvgIpc) is 3.78. The third kappa shape index (κ3) is 6.64. The van der Waals surface area contributed by atoms with Crippen LogP contribution in [0.25, 0.3) is 0 Å². The molecule has 1 saturated heterocycles. The molecule has 8 nitrogen and oxygen atoms in total. The van der Waals surface area contributed by atoms with Gasteiger partial charge in [-0.2, -0.15) is 0 Å². The third-order valence-electron chi connectivity index (χ3n) is 21.4. The minimum absolute atomic E-state index is 0.0344. The Morgan fingerprint density at radius 2 is 1.42 bits per heavy atom. The Balaban J connectivity index is 1.00. The lowest BCUT2D eigenvalue weighted by molar-refractivity contribution is -0.251. The molecule has 0 unspecified atom stereocenters. The molecule has 8 rings (SSSR count). The molecule has 1 amide bonds. The normalized spacial score (nSPS) is 44.4. The maximum Gasteiger partial charge on any atom is 0.310 e. The fraction of sp³-hybridized carbons (Fsp3) is 0.922. The summed E-state index contributed by atoms with van der Waals surface area (Å²) in [6, 6.07) is 0. The summed E-state index contributed by atoms with van der Waals surface area (Å²) in [5, 5.41) is 0. The lowest BCUT2D eigenvalue weighted by Gasteiger charge is -2.73. The van der Waals surface area contributed by atoms with Crippen molar-refractivity contribution in [3.8, 4) is 0 Å². The largest absolute Gasteiger partial charge is 0.462 e. The first-order chi connectivity index (χ1) is 27.5. The summed E-state index contributed by atoms with van der Waals surface area (Å²) in [5.74, 6) is 3.67. The number of nitrogens with zero attached hydrogens (tertiary/aromatic N) is 2. The molecular weight excluding hydrogens is 737 g/mol. The zero-order valence-electron chi connectivity index (χ0n) is 39.2. The van der Waals surface area contributed by atoms with Gasteiger partial charge in [-0.3, -0.25) is 19.2 Å². The number of likely N-dealkylation sites (N-methyl/N-ethyl adjacent to an activating group) is 1. The molecule has 0 bridgehead atoms. The minimum Gasteiger partial charge on any atom is -0.462 e. The Bertz CT molecular complexity index is 1670. The molecule has 12 atom stereocenters. The summed E-state index contributed by atoms with van der Waals surface area (Å²) in [6.45, 7) is 30.6. The van der Waals surface area contributed by atoms with E-state index in [9.17, 15) is 14.4 Å². The van der Waals surface area contributed by atoms with Crippen LogP contribution in [0.3, 0.4) is 0 Å². The van der Waals surface area contributed by atoms with Crippen molar-refractivity contribution in [2.45, 2.75) is 184 Å². The smallest absolute Gasteiger partial charge is 0.310 e. The van der Waals surface area contributed by atoms with Crippen LogP contribution in [-0.4, -0.2) is 78.4 Å². The van der Waals surface area contributed by atoms with E-state index in [1.165, 1.54) is 38.5 Å². The number of esters is 1. The van der Waals surface area contributed by atoms with Gasteiger partial charge in [-0.05, 0) is 166 Å². The van der Waals surface area contributed by atoms with Crippen LogP contribution >= 0.6 is 0 Å². The highest BCUT2D eigenvalue weighted by Gasteiger charge is 2.73. The van der Waals surface area contributed by atoms with Gasteiger partial charge in [-0.15, -0.1) is 0 Å². The number of ketones is 1. The number of Topliss-reactive ketones (excluding diaryl/α,β-unsaturated/α-hetero) is 1. The van der Waals surface area contributed by atoms with Crippen molar-refractivity contribution in [2.24, 2.45) is 79.3 Å². The fourth-order valence-corrected chi connectivity index (χ4v) is 17.0. The van der Waals surface area contributed by atoms with Gasteiger partial charge < -0.3 is 19.3 Å². The highest BCUT2D eigenvalue weighted by Crippen LogP contribution is 2.79. The van der Waals surface area contributed by atoms with Crippen molar-refractivity contribution in [2.75, 3.05) is 32.7 Å². The number of fused-ring (bicyclic) bond motifs is 7. The first-order valence-electron chi connectivity index (χ1n) is 24.4. The summed E-state index contributed by atoms with van der Waals surface area (Å²) in [7, 11) is 0. The summed E-state index contributed by atoms with van der Waals surface area (Å²) < 4.78 is 11.5. The number of ether oxygens (including phenoxy) is 2. The summed E-state index contributed by atoms with van der Waals surface area (Å²) in [5.41, 5.74) is -0.483. The molecule has 7 saturated carbocycles. The predicted molar refractivity (Wildman–Crippen MR) is 231 cm³/mol. The number of carbonyl (C=O) groups is 4. The summed E-state index contributed by atoms with van der Waals surface area (Å²) in [4.78, 5) is 58.1. The Morgan fingerprint density at radius 1 is 0.729 bits per heavy atom. The van der Waals surface area contributed by atoms with Gasteiger partial charge in [0.1, 0.15) is 17.5 Å². The van der Waals surface area contributed by atoms with Crippen LogP contribution in [0.15, 0.2) is 0 Å². The molecule has 1 heterocycles. The van der Waals surface area contributed by atoms with E-state index in [1.807, 2.05) is 0 Å². The van der Waals surface area contributed by atoms with Crippen LogP contribution in [0, 0.1) is 79.3 Å². The van der Waals surface area contributed by atoms with Crippen LogP contribution in [0.2, 0.25) is 0 Å². The number of hydrogen-bond donors (Lipinski definition) is 0. The molecular formula is C51H82N2O6. The predicted octanol–water partition coefficient (Wildman–Crippen LogP) is 9.91. The zero-order valence-corrected chi connectivity index (χ0v) is 39.2. The molecule has 0 N–H and O–H groups in total. The van der Waals surface area contributed by atoms with E-state index in [4.69, 9.17) is 9.47 Å². The van der Waals surface area contributed by atoms with Crippen LogP contribution in [0.1, 0.15) is 172 Å². The van der Waals surface area contributed by atoms with Crippen molar-refractivity contribution in [3.05, 3.63) is 0 Å². The number of rotatable bonds is 11. The molecule has 8 fully saturated rings. The van der Waals surface area contributed by atoms with Crippen molar-refractivity contribution in [3.63, 3.8) is 0 Å². The van der Waals surface area contributed by atoms with Gasteiger partial charge in [-0.1, -0.05) is 62.3 Å². The molecule has 1 aliphatic heterocycles. The molecule has 332 valence electrons.